The van der Waals surface area contributed by atoms with Crippen molar-refractivity contribution in [1.29, 1.82) is 0 Å². The van der Waals surface area contributed by atoms with Crippen LogP contribution in [0.15, 0.2) is 76.1 Å². The zero-order valence-electron chi connectivity index (χ0n) is 39.8. The first-order valence-corrected chi connectivity index (χ1v) is 25.7. The van der Waals surface area contributed by atoms with E-state index < -0.39 is 44.5 Å². The molecule has 2 heterocycles. The van der Waals surface area contributed by atoms with E-state index in [2.05, 4.69) is 36.7 Å². The van der Waals surface area contributed by atoms with Crippen molar-refractivity contribution in [3.8, 4) is 16.2 Å². The van der Waals surface area contributed by atoms with Crippen molar-refractivity contribution in [3.05, 3.63) is 108 Å². The third-order valence-electron chi connectivity index (χ3n) is 11.8. The molecule has 1 aliphatic carbocycles. The molecular formula is C50H64BrN3O10S2. The molecule has 358 valence electrons. The van der Waals surface area contributed by atoms with Crippen LogP contribution in [0.5, 0.6) is 5.75 Å². The van der Waals surface area contributed by atoms with Gasteiger partial charge in [0.2, 0.25) is 10.0 Å². The maximum atomic E-state index is 14.3. The van der Waals surface area contributed by atoms with Gasteiger partial charge in [0.1, 0.15) is 23.7 Å². The van der Waals surface area contributed by atoms with Crippen molar-refractivity contribution in [1.82, 2.24) is 9.21 Å². The highest BCUT2D eigenvalue weighted by Gasteiger charge is 2.52. The summed E-state index contributed by atoms with van der Waals surface area (Å²) in [5.74, 6) is 0.259. The van der Waals surface area contributed by atoms with Crippen LogP contribution < -0.4 is 4.74 Å². The number of carbonyl (C=O) groups is 2. The average Bonchev–Trinajstić information content (AvgIpc) is 3.71. The number of sulfonamides is 1. The molecule has 2 aliphatic rings. The summed E-state index contributed by atoms with van der Waals surface area (Å²) in [7, 11) is -4.19. The highest BCUT2D eigenvalue weighted by molar-refractivity contribution is 9.10. The number of aryl methyl sites for hydroxylation is 1. The monoisotopic (exact) mass is 1010 g/mol. The molecule has 0 saturated carbocycles. The predicted molar refractivity (Wildman–Crippen MR) is 260 cm³/mol. The Bertz CT molecular complexity index is 2510. The molecule has 4 aromatic rings. The van der Waals surface area contributed by atoms with Crippen LogP contribution in [0, 0.1) is 21.4 Å². The molecule has 0 N–H and O–H groups in total. The summed E-state index contributed by atoms with van der Waals surface area (Å²) in [6, 6.07) is 18.6. The standard InChI is InChI=1S/C50H64BrN3O10S2/c1-11-12-25-61-46(55)44-38-28-49(7,8)24-23-43(38)65-45(44)37-16-14-13-15-34(37)31-62-35-19-17-33(18-20-35)26-41-42(63-50(9,10)53(41)47(56)64-48(4,5)6)30-52(29-32(2)3)66(59,60)36-21-22-40(54(57)58)39(51)27-36/h13-22,27,32,41-42H,11-12,23-26,28-31H2,1-10H3/t41-,42+/m0/s1. The van der Waals surface area contributed by atoms with Gasteiger partial charge in [0.25, 0.3) is 5.69 Å². The molecule has 66 heavy (non-hydrogen) atoms. The molecule has 1 aliphatic heterocycles. The number of esters is 1. The summed E-state index contributed by atoms with van der Waals surface area (Å²) in [4.78, 5) is 42.4. The van der Waals surface area contributed by atoms with Gasteiger partial charge >= 0.3 is 12.1 Å². The molecule has 1 saturated heterocycles. The Hall–Kier alpha value is -4.35. The Morgan fingerprint density at radius 2 is 1.76 bits per heavy atom. The Morgan fingerprint density at radius 1 is 1.06 bits per heavy atom. The number of nitrogens with zero attached hydrogens (tertiary/aromatic N) is 3. The number of rotatable bonds is 17. The highest BCUT2D eigenvalue weighted by Crippen LogP contribution is 2.46. The van der Waals surface area contributed by atoms with Crippen LogP contribution >= 0.6 is 27.3 Å². The summed E-state index contributed by atoms with van der Waals surface area (Å²) in [5, 5.41) is 11.5. The van der Waals surface area contributed by atoms with E-state index in [-0.39, 0.29) is 52.1 Å². The van der Waals surface area contributed by atoms with Crippen LogP contribution in [-0.2, 0) is 50.1 Å². The van der Waals surface area contributed by atoms with Crippen LogP contribution in [0.3, 0.4) is 0 Å². The molecule has 6 rings (SSSR count). The van der Waals surface area contributed by atoms with Crippen molar-refractivity contribution in [2.45, 2.75) is 143 Å². The second-order valence-corrected chi connectivity index (χ2v) is 23.8. The first-order valence-electron chi connectivity index (χ1n) is 22.7. The molecule has 0 spiro atoms. The fraction of sp³-hybridized carbons (Fsp3) is 0.520. The number of thiophene rings is 1. The van der Waals surface area contributed by atoms with Crippen LogP contribution in [0.1, 0.15) is 120 Å². The summed E-state index contributed by atoms with van der Waals surface area (Å²) in [5.41, 5.74) is 2.35. The number of hydrogen-bond donors (Lipinski definition) is 0. The van der Waals surface area contributed by atoms with Crippen molar-refractivity contribution in [2.75, 3.05) is 19.7 Å². The second-order valence-electron chi connectivity index (χ2n) is 19.9. The molecule has 13 nitrogen and oxygen atoms in total. The number of hydrogen-bond acceptors (Lipinski definition) is 11. The van der Waals surface area contributed by atoms with E-state index in [1.54, 1.807) is 50.9 Å². The van der Waals surface area contributed by atoms with Crippen LogP contribution in [0.25, 0.3) is 10.4 Å². The fourth-order valence-electron chi connectivity index (χ4n) is 8.64. The number of carbonyl (C=O) groups excluding carboxylic acids is 2. The van der Waals surface area contributed by atoms with Gasteiger partial charge in [0, 0.05) is 28.9 Å². The lowest BCUT2D eigenvalue weighted by molar-refractivity contribution is -0.385. The van der Waals surface area contributed by atoms with E-state index in [4.69, 9.17) is 18.9 Å². The Morgan fingerprint density at radius 3 is 2.39 bits per heavy atom. The predicted octanol–water partition coefficient (Wildman–Crippen LogP) is 11.8. The Balaban J connectivity index is 1.26. The number of halogens is 1. The van der Waals surface area contributed by atoms with E-state index in [1.165, 1.54) is 27.4 Å². The fourth-order valence-corrected chi connectivity index (χ4v) is 12.3. The largest absolute Gasteiger partial charge is 0.489 e. The number of amides is 1. The molecule has 1 aromatic heterocycles. The molecule has 0 unspecified atom stereocenters. The smallest absolute Gasteiger partial charge is 0.412 e. The third-order valence-corrected chi connectivity index (χ3v) is 15.6. The number of ether oxygens (including phenoxy) is 4. The van der Waals surface area contributed by atoms with Gasteiger partial charge in [-0.3, -0.25) is 15.0 Å². The Labute approximate surface area is 402 Å². The first kappa shape index (κ1) is 51.0. The van der Waals surface area contributed by atoms with Gasteiger partial charge < -0.3 is 18.9 Å². The van der Waals surface area contributed by atoms with Gasteiger partial charge in [-0.1, -0.05) is 77.4 Å². The normalized spacial score (nSPS) is 18.0. The van der Waals surface area contributed by atoms with Crippen molar-refractivity contribution in [3.63, 3.8) is 0 Å². The molecule has 0 bridgehead atoms. The van der Waals surface area contributed by atoms with Crippen LogP contribution in [0.2, 0.25) is 0 Å². The third kappa shape index (κ3) is 12.0. The number of unbranched alkanes of at least 4 members (excludes halogenated alkanes) is 1. The van der Waals surface area contributed by atoms with E-state index in [9.17, 15) is 28.1 Å². The molecule has 3 aromatic carbocycles. The Kier molecular flexibility index (Phi) is 15.8. The summed E-state index contributed by atoms with van der Waals surface area (Å²) in [6.45, 7) is 19.9. The molecule has 1 fully saturated rings. The SMILES string of the molecule is CCCCOC(=O)c1c(-c2ccccc2COc2ccc(C[C@H]3[C@@H](CN(CC(C)C)S(=O)(=O)c4ccc([N+](=O)[O-])c(Br)c4)OC(C)(C)N3C(=O)OC(C)(C)C)cc2)sc2c1CC(C)(C)CC2. The lowest BCUT2D eigenvalue weighted by Gasteiger charge is -2.35. The minimum atomic E-state index is -4.19. The molecular weight excluding hydrogens is 947 g/mol. The summed E-state index contributed by atoms with van der Waals surface area (Å²) in [6.07, 6.45) is 3.44. The van der Waals surface area contributed by atoms with Gasteiger partial charge in [-0.05, 0) is 141 Å². The minimum absolute atomic E-state index is 0.0425. The van der Waals surface area contributed by atoms with E-state index in [1.807, 2.05) is 62.4 Å². The quantitative estimate of drug-likeness (QED) is 0.0432. The van der Waals surface area contributed by atoms with Gasteiger partial charge in [-0.25, -0.2) is 18.0 Å². The maximum Gasteiger partial charge on any atom is 0.412 e. The average molecular weight is 1010 g/mol. The summed E-state index contributed by atoms with van der Waals surface area (Å²) >= 11 is 4.86. The van der Waals surface area contributed by atoms with E-state index in [0.29, 0.717) is 24.3 Å². The lowest BCUT2D eigenvalue weighted by Crippen LogP contribution is -2.52. The number of benzene rings is 3. The van der Waals surface area contributed by atoms with Crippen LogP contribution in [0.4, 0.5) is 10.5 Å². The minimum Gasteiger partial charge on any atom is -0.489 e. The van der Waals surface area contributed by atoms with Gasteiger partial charge in [0.05, 0.1) is 38.6 Å². The highest BCUT2D eigenvalue weighted by atomic mass is 79.9. The first-order chi connectivity index (χ1) is 30.9. The molecule has 0 radical (unpaired) electrons. The lowest BCUT2D eigenvalue weighted by atomic mass is 9.76. The van der Waals surface area contributed by atoms with Gasteiger partial charge in [-0.15, -0.1) is 11.3 Å². The van der Waals surface area contributed by atoms with E-state index >= 15 is 0 Å². The van der Waals surface area contributed by atoms with Gasteiger partial charge in [-0.2, -0.15) is 4.31 Å². The number of nitro groups is 1. The van der Waals surface area contributed by atoms with Gasteiger partial charge in [0.15, 0.2) is 0 Å². The second kappa shape index (κ2) is 20.5. The summed E-state index contributed by atoms with van der Waals surface area (Å²) < 4.78 is 54.8. The zero-order valence-corrected chi connectivity index (χ0v) is 43.0. The number of nitro benzene ring substituents is 1. The molecule has 2 atom stereocenters. The topological polar surface area (TPSA) is 155 Å². The van der Waals surface area contributed by atoms with Crippen molar-refractivity contribution in [2.24, 2.45) is 11.3 Å². The van der Waals surface area contributed by atoms with E-state index in [0.717, 1.165) is 59.2 Å². The zero-order chi connectivity index (χ0) is 48.4. The number of fused-ring (bicyclic) bond motifs is 1. The molecule has 16 heteroatoms. The van der Waals surface area contributed by atoms with Crippen molar-refractivity contribution >= 4 is 55.0 Å². The maximum absolute atomic E-state index is 14.3. The van der Waals surface area contributed by atoms with Crippen molar-refractivity contribution < 1.29 is 41.9 Å². The van der Waals surface area contributed by atoms with Crippen LogP contribution in [-0.4, -0.2) is 77.8 Å². The molecule has 1 amide bonds.